The van der Waals surface area contributed by atoms with Crippen molar-refractivity contribution >= 4 is 31.7 Å². The van der Waals surface area contributed by atoms with Gasteiger partial charge in [0.1, 0.15) is 5.75 Å². The van der Waals surface area contributed by atoms with E-state index in [4.69, 9.17) is 0 Å². The summed E-state index contributed by atoms with van der Waals surface area (Å²) in [5.74, 6) is -0.553. The Hall–Kier alpha value is -2.34. The third kappa shape index (κ3) is 3.86. The molecular formula is C15H7F6NO3S2. The molecule has 0 aliphatic heterocycles. The first kappa shape index (κ1) is 19.4. The maximum absolute atomic E-state index is 12.6. The van der Waals surface area contributed by atoms with Crippen molar-refractivity contribution in [3.8, 4) is 17.0 Å². The molecule has 1 aromatic heterocycles. The Bertz CT molecular complexity index is 1090. The average molecular weight is 427 g/mol. The molecule has 0 N–H and O–H groups in total. The third-order valence-electron chi connectivity index (χ3n) is 3.42. The lowest BCUT2D eigenvalue weighted by molar-refractivity contribution is -0.137. The van der Waals surface area contributed by atoms with E-state index in [9.17, 15) is 34.8 Å². The van der Waals surface area contributed by atoms with Gasteiger partial charge < -0.3 is 4.18 Å². The maximum atomic E-state index is 12.6. The van der Waals surface area contributed by atoms with Crippen molar-refractivity contribution in [1.29, 1.82) is 0 Å². The van der Waals surface area contributed by atoms with Gasteiger partial charge in [-0.15, -0.1) is 0 Å². The van der Waals surface area contributed by atoms with Crippen LogP contribution in [0.25, 0.3) is 21.3 Å². The minimum absolute atomic E-state index is 0.305. The standard InChI is InChI=1S/C15H7F6NO3S2/c16-14(17,18)9-3-1-8(2-4-9)13-11-6-5-10(7-12(11)26-22-13)25-27(23,24)15(19,20)21/h1-7H. The second kappa shape index (κ2) is 6.37. The highest BCUT2D eigenvalue weighted by Crippen LogP contribution is 2.36. The van der Waals surface area contributed by atoms with Crippen molar-refractivity contribution in [3.05, 3.63) is 48.0 Å². The van der Waals surface area contributed by atoms with E-state index in [-0.39, 0.29) is 0 Å². The molecule has 0 radical (unpaired) electrons. The maximum Gasteiger partial charge on any atom is 0.534 e. The van der Waals surface area contributed by atoms with Crippen LogP contribution < -0.4 is 4.18 Å². The summed E-state index contributed by atoms with van der Waals surface area (Å²) in [6.07, 6.45) is -4.49. The summed E-state index contributed by atoms with van der Waals surface area (Å²) in [6.45, 7) is 0. The summed E-state index contributed by atoms with van der Waals surface area (Å²) < 4.78 is 106. The molecule has 12 heteroatoms. The first-order valence-electron chi connectivity index (χ1n) is 6.96. The Morgan fingerprint density at radius 3 is 2.11 bits per heavy atom. The van der Waals surface area contributed by atoms with Crippen molar-refractivity contribution < 1.29 is 38.9 Å². The zero-order valence-corrected chi connectivity index (χ0v) is 14.4. The summed E-state index contributed by atoms with van der Waals surface area (Å²) in [5, 5.41) is 0.427. The zero-order valence-electron chi connectivity index (χ0n) is 12.8. The van der Waals surface area contributed by atoms with Crippen LogP contribution in [0.1, 0.15) is 5.56 Å². The van der Waals surface area contributed by atoms with Crippen molar-refractivity contribution in [3.63, 3.8) is 0 Å². The second-order valence-electron chi connectivity index (χ2n) is 5.25. The van der Waals surface area contributed by atoms with Gasteiger partial charge >= 0.3 is 21.8 Å². The number of aromatic nitrogens is 1. The molecule has 0 fully saturated rings. The predicted molar refractivity (Wildman–Crippen MR) is 85.7 cm³/mol. The molecule has 0 saturated heterocycles. The zero-order chi connectivity index (χ0) is 20.0. The van der Waals surface area contributed by atoms with Gasteiger partial charge in [0.25, 0.3) is 0 Å². The number of nitrogens with zero attached hydrogens (tertiary/aromatic N) is 1. The Morgan fingerprint density at radius 2 is 1.56 bits per heavy atom. The van der Waals surface area contributed by atoms with Gasteiger partial charge in [-0.25, -0.2) is 0 Å². The van der Waals surface area contributed by atoms with Gasteiger partial charge in [0, 0.05) is 17.0 Å². The molecule has 0 unspecified atom stereocenters. The minimum atomic E-state index is -5.81. The molecule has 27 heavy (non-hydrogen) atoms. The summed E-state index contributed by atoms with van der Waals surface area (Å²) >= 11 is 0.838. The molecule has 1 heterocycles. The molecule has 3 rings (SSSR count). The lowest BCUT2D eigenvalue weighted by Crippen LogP contribution is -2.27. The highest BCUT2D eigenvalue weighted by atomic mass is 32.2. The van der Waals surface area contributed by atoms with Crippen LogP contribution in [-0.2, 0) is 16.3 Å². The van der Waals surface area contributed by atoms with Gasteiger partial charge in [0.05, 0.1) is 16.0 Å². The summed E-state index contributed by atoms with van der Waals surface area (Å²) in [4.78, 5) is 0. The Balaban J connectivity index is 1.95. The molecule has 0 aliphatic carbocycles. The van der Waals surface area contributed by atoms with E-state index >= 15 is 0 Å². The molecular weight excluding hydrogens is 420 g/mol. The second-order valence-corrected chi connectivity index (χ2v) is 7.59. The van der Waals surface area contributed by atoms with E-state index in [1.54, 1.807) is 0 Å². The quantitative estimate of drug-likeness (QED) is 0.327. The van der Waals surface area contributed by atoms with E-state index in [1.165, 1.54) is 18.2 Å². The van der Waals surface area contributed by atoms with Gasteiger partial charge in [-0.2, -0.15) is 39.1 Å². The smallest absolute Gasteiger partial charge is 0.376 e. The lowest BCUT2D eigenvalue weighted by Gasteiger charge is -2.09. The van der Waals surface area contributed by atoms with Crippen LogP contribution in [0.3, 0.4) is 0 Å². The lowest BCUT2D eigenvalue weighted by atomic mass is 10.1. The Kier molecular flexibility index (Phi) is 4.58. The van der Waals surface area contributed by atoms with Crippen molar-refractivity contribution in [1.82, 2.24) is 4.37 Å². The number of alkyl halides is 6. The van der Waals surface area contributed by atoms with Crippen LogP contribution in [0.2, 0.25) is 0 Å². The fraction of sp³-hybridized carbons (Fsp3) is 0.133. The third-order valence-corrected chi connectivity index (χ3v) is 5.21. The molecule has 0 amide bonds. The largest absolute Gasteiger partial charge is 0.534 e. The van der Waals surface area contributed by atoms with Crippen LogP contribution in [-0.4, -0.2) is 18.3 Å². The first-order valence-corrected chi connectivity index (χ1v) is 9.14. The number of hydrogen-bond acceptors (Lipinski definition) is 5. The SMILES string of the molecule is O=S(=O)(Oc1ccc2c(-c3ccc(C(F)(F)F)cc3)nsc2c1)C(F)(F)F. The van der Waals surface area contributed by atoms with Crippen molar-refractivity contribution in [2.45, 2.75) is 11.7 Å². The molecule has 3 aromatic rings. The highest BCUT2D eigenvalue weighted by Gasteiger charge is 2.48. The molecule has 0 spiro atoms. The van der Waals surface area contributed by atoms with Gasteiger partial charge in [-0.1, -0.05) is 12.1 Å². The minimum Gasteiger partial charge on any atom is -0.376 e. The van der Waals surface area contributed by atoms with E-state index in [1.807, 2.05) is 0 Å². The summed E-state index contributed by atoms with van der Waals surface area (Å²) in [7, 11) is -5.81. The van der Waals surface area contributed by atoms with Gasteiger partial charge in [0.15, 0.2) is 0 Å². The number of rotatable bonds is 3. The van der Waals surface area contributed by atoms with Crippen molar-refractivity contribution in [2.24, 2.45) is 0 Å². The fourth-order valence-electron chi connectivity index (χ4n) is 2.17. The van der Waals surface area contributed by atoms with E-state index in [0.29, 0.717) is 21.3 Å². The molecule has 2 aromatic carbocycles. The number of fused-ring (bicyclic) bond motifs is 1. The number of hydrogen-bond donors (Lipinski definition) is 0. The topological polar surface area (TPSA) is 56.3 Å². The number of halogens is 6. The van der Waals surface area contributed by atoms with E-state index < -0.39 is 33.1 Å². The van der Waals surface area contributed by atoms with Crippen LogP contribution in [0.5, 0.6) is 5.75 Å². The molecule has 144 valence electrons. The number of benzene rings is 2. The van der Waals surface area contributed by atoms with Crippen LogP contribution in [0.4, 0.5) is 26.3 Å². The van der Waals surface area contributed by atoms with Crippen LogP contribution >= 0.6 is 11.5 Å². The van der Waals surface area contributed by atoms with Gasteiger partial charge in [0.2, 0.25) is 0 Å². The monoisotopic (exact) mass is 427 g/mol. The highest BCUT2D eigenvalue weighted by molar-refractivity contribution is 7.88. The van der Waals surface area contributed by atoms with Gasteiger partial charge in [-0.3, -0.25) is 0 Å². The van der Waals surface area contributed by atoms with Crippen molar-refractivity contribution in [2.75, 3.05) is 0 Å². The Labute approximate surface area is 152 Å². The first-order chi connectivity index (χ1) is 12.4. The normalized spacial score (nSPS) is 13.1. The predicted octanol–water partition coefficient (Wildman–Crippen LogP) is 5.21. The molecule has 0 saturated carbocycles. The van der Waals surface area contributed by atoms with Gasteiger partial charge in [-0.05, 0) is 35.8 Å². The Morgan fingerprint density at radius 1 is 0.926 bits per heavy atom. The fourth-order valence-corrected chi connectivity index (χ4v) is 3.45. The van der Waals surface area contributed by atoms with E-state index in [2.05, 4.69) is 8.56 Å². The molecule has 0 bridgehead atoms. The average Bonchev–Trinajstić information content (AvgIpc) is 2.96. The molecule has 0 atom stereocenters. The summed E-state index contributed by atoms with van der Waals surface area (Å²) in [6, 6.07) is 7.55. The molecule has 0 aliphatic rings. The van der Waals surface area contributed by atoms with Crippen LogP contribution in [0, 0.1) is 0 Å². The molecule has 4 nitrogen and oxygen atoms in total. The van der Waals surface area contributed by atoms with Crippen LogP contribution in [0.15, 0.2) is 42.5 Å². The summed E-state index contributed by atoms with van der Waals surface area (Å²) in [5.41, 5.74) is -5.72. The van der Waals surface area contributed by atoms with E-state index in [0.717, 1.165) is 35.8 Å².